The maximum absolute atomic E-state index is 12.5. The van der Waals surface area contributed by atoms with Gasteiger partial charge in [-0.15, -0.1) is 0 Å². The molecule has 1 heterocycles. The number of hydrogen-bond acceptors (Lipinski definition) is 3. The number of benzene rings is 1. The Morgan fingerprint density at radius 2 is 2.08 bits per heavy atom. The fourth-order valence-electron chi connectivity index (χ4n) is 3.04. The molecule has 0 saturated heterocycles. The molecule has 1 aromatic carbocycles. The van der Waals surface area contributed by atoms with E-state index < -0.39 is 5.60 Å². The van der Waals surface area contributed by atoms with E-state index in [1.54, 1.807) is 4.90 Å². The van der Waals surface area contributed by atoms with E-state index >= 15 is 0 Å². The minimum Gasteiger partial charge on any atom is -0.443 e. The van der Waals surface area contributed by atoms with Crippen LogP contribution in [0.1, 0.15) is 58.6 Å². The highest BCUT2D eigenvalue weighted by Gasteiger charge is 2.30. The second kappa shape index (κ2) is 8.02. The van der Waals surface area contributed by atoms with Gasteiger partial charge < -0.3 is 10.1 Å². The van der Waals surface area contributed by atoms with Crippen molar-refractivity contribution in [1.29, 1.82) is 0 Å². The van der Waals surface area contributed by atoms with Gasteiger partial charge in [-0.1, -0.05) is 32.0 Å². The van der Waals surface area contributed by atoms with Crippen molar-refractivity contribution in [2.24, 2.45) is 5.92 Å². The lowest BCUT2D eigenvalue weighted by molar-refractivity contribution is 0.0583. The molecule has 0 saturated carbocycles. The molecule has 0 bridgehead atoms. The number of ether oxygens (including phenoxy) is 1. The zero-order chi connectivity index (χ0) is 17.7. The minimum absolute atomic E-state index is 0.242. The molecule has 1 aromatic rings. The van der Waals surface area contributed by atoms with Crippen molar-refractivity contribution in [2.75, 3.05) is 18.0 Å². The van der Waals surface area contributed by atoms with Crippen molar-refractivity contribution < 1.29 is 9.53 Å². The molecule has 0 radical (unpaired) electrons. The summed E-state index contributed by atoms with van der Waals surface area (Å²) < 4.78 is 5.57. The van der Waals surface area contributed by atoms with Crippen LogP contribution in [0.2, 0.25) is 0 Å². The topological polar surface area (TPSA) is 41.6 Å². The monoisotopic (exact) mass is 332 g/mol. The molecule has 0 unspecified atom stereocenters. The van der Waals surface area contributed by atoms with E-state index in [9.17, 15) is 4.79 Å². The molecule has 0 spiro atoms. The number of carbonyl (C=O) groups excluding carboxylic acids is 1. The van der Waals surface area contributed by atoms with Gasteiger partial charge in [-0.25, -0.2) is 4.79 Å². The largest absolute Gasteiger partial charge is 0.443 e. The van der Waals surface area contributed by atoms with Gasteiger partial charge >= 0.3 is 6.09 Å². The number of nitrogens with one attached hydrogen (secondary N) is 1. The average Bonchev–Trinajstić information content (AvgIpc) is 2.89. The van der Waals surface area contributed by atoms with Crippen molar-refractivity contribution in [1.82, 2.24) is 5.32 Å². The van der Waals surface area contributed by atoms with Crippen LogP contribution in [0, 0.1) is 5.92 Å². The first-order valence-corrected chi connectivity index (χ1v) is 9.10. The molecule has 1 aliphatic rings. The highest BCUT2D eigenvalue weighted by atomic mass is 16.6. The Kier molecular flexibility index (Phi) is 6.27. The lowest BCUT2D eigenvalue weighted by atomic mass is 10.1. The Balaban J connectivity index is 2.02. The third-order valence-corrected chi connectivity index (χ3v) is 4.14. The van der Waals surface area contributed by atoms with Crippen LogP contribution in [0.15, 0.2) is 18.2 Å². The van der Waals surface area contributed by atoms with Crippen LogP contribution >= 0.6 is 0 Å². The van der Waals surface area contributed by atoms with Crippen LogP contribution in [-0.4, -0.2) is 24.8 Å². The molecule has 2 rings (SSSR count). The fourth-order valence-corrected chi connectivity index (χ4v) is 3.04. The number of para-hydroxylation sites is 1. The SMILES string of the molecule is CC(C)CCCNCc1cccc2c1N(C(=O)OC(C)(C)C)CC2. The minimum atomic E-state index is -0.468. The Labute approximate surface area is 146 Å². The summed E-state index contributed by atoms with van der Waals surface area (Å²) in [7, 11) is 0. The van der Waals surface area contributed by atoms with Gasteiger partial charge in [0.25, 0.3) is 0 Å². The van der Waals surface area contributed by atoms with E-state index in [1.807, 2.05) is 20.8 Å². The Morgan fingerprint density at radius 1 is 1.33 bits per heavy atom. The molecule has 1 N–H and O–H groups in total. The first-order chi connectivity index (χ1) is 11.3. The lowest BCUT2D eigenvalue weighted by Crippen LogP contribution is -2.36. The van der Waals surface area contributed by atoms with Crippen molar-refractivity contribution in [3.05, 3.63) is 29.3 Å². The quantitative estimate of drug-likeness (QED) is 0.779. The van der Waals surface area contributed by atoms with E-state index in [2.05, 4.69) is 37.4 Å². The molecule has 24 heavy (non-hydrogen) atoms. The summed E-state index contributed by atoms with van der Waals surface area (Å²) >= 11 is 0. The number of amides is 1. The molecule has 0 fully saturated rings. The molecular weight excluding hydrogens is 300 g/mol. The van der Waals surface area contributed by atoms with Crippen molar-refractivity contribution in [3.8, 4) is 0 Å². The highest BCUT2D eigenvalue weighted by Crippen LogP contribution is 2.33. The molecular formula is C20H32N2O2. The summed E-state index contributed by atoms with van der Waals surface area (Å²) in [4.78, 5) is 14.3. The smallest absolute Gasteiger partial charge is 0.414 e. The number of fused-ring (bicyclic) bond motifs is 1. The molecule has 0 aliphatic carbocycles. The Hall–Kier alpha value is -1.55. The zero-order valence-electron chi connectivity index (χ0n) is 15.8. The van der Waals surface area contributed by atoms with Crippen LogP contribution in [0.3, 0.4) is 0 Å². The van der Waals surface area contributed by atoms with Gasteiger partial charge in [-0.2, -0.15) is 0 Å². The summed E-state index contributed by atoms with van der Waals surface area (Å²) in [6, 6.07) is 6.31. The number of carbonyl (C=O) groups is 1. The first-order valence-electron chi connectivity index (χ1n) is 9.10. The zero-order valence-corrected chi connectivity index (χ0v) is 15.8. The molecule has 4 nitrogen and oxygen atoms in total. The Bertz CT molecular complexity index is 561. The number of nitrogens with zero attached hydrogens (tertiary/aromatic N) is 1. The van der Waals surface area contributed by atoms with E-state index in [0.717, 1.165) is 31.1 Å². The van der Waals surface area contributed by atoms with Crippen molar-refractivity contribution >= 4 is 11.8 Å². The molecule has 1 aliphatic heterocycles. The summed E-state index contributed by atoms with van der Waals surface area (Å²) in [5.74, 6) is 0.746. The van der Waals surface area contributed by atoms with Crippen LogP contribution in [0.25, 0.3) is 0 Å². The summed E-state index contributed by atoms with van der Waals surface area (Å²) in [5, 5.41) is 3.52. The van der Waals surface area contributed by atoms with E-state index in [4.69, 9.17) is 4.74 Å². The maximum Gasteiger partial charge on any atom is 0.414 e. The third-order valence-electron chi connectivity index (χ3n) is 4.14. The van der Waals surface area contributed by atoms with Gasteiger partial charge in [0, 0.05) is 13.1 Å². The number of rotatable bonds is 6. The maximum atomic E-state index is 12.5. The fraction of sp³-hybridized carbons (Fsp3) is 0.650. The predicted molar refractivity (Wildman–Crippen MR) is 99.5 cm³/mol. The van der Waals surface area contributed by atoms with Crippen LogP contribution in [0.5, 0.6) is 0 Å². The van der Waals surface area contributed by atoms with Gasteiger partial charge in [0.05, 0.1) is 5.69 Å². The normalized spacial score (nSPS) is 14.2. The van der Waals surface area contributed by atoms with Crippen LogP contribution in [0.4, 0.5) is 10.5 Å². The van der Waals surface area contributed by atoms with Crippen LogP contribution < -0.4 is 10.2 Å². The number of hydrogen-bond donors (Lipinski definition) is 1. The van der Waals surface area contributed by atoms with Gasteiger partial charge in [-0.05, 0) is 63.6 Å². The van der Waals surface area contributed by atoms with E-state index in [-0.39, 0.29) is 6.09 Å². The van der Waals surface area contributed by atoms with Crippen LogP contribution in [-0.2, 0) is 17.7 Å². The first kappa shape index (κ1) is 18.8. The predicted octanol–water partition coefficient (Wildman–Crippen LogP) is 4.51. The van der Waals surface area contributed by atoms with Gasteiger partial charge in [0.1, 0.15) is 5.60 Å². The summed E-state index contributed by atoms with van der Waals surface area (Å²) in [6.45, 7) is 12.7. The van der Waals surface area contributed by atoms with Crippen molar-refractivity contribution in [2.45, 2.75) is 66.0 Å². The summed E-state index contributed by atoms with van der Waals surface area (Å²) in [5.41, 5.74) is 3.00. The van der Waals surface area contributed by atoms with E-state index in [1.165, 1.54) is 24.0 Å². The average molecular weight is 332 g/mol. The highest BCUT2D eigenvalue weighted by molar-refractivity contribution is 5.91. The molecule has 0 aromatic heterocycles. The molecule has 1 amide bonds. The molecule has 0 atom stereocenters. The van der Waals surface area contributed by atoms with Gasteiger partial charge in [-0.3, -0.25) is 4.90 Å². The Morgan fingerprint density at radius 3 is 2.75 bits per heavy atom. The van der Waals surface area contributed by atoms with Gasteiger partial charge in [0.2, 0.25) is 0 Å². The third kappa shape index (κ3) is 5.23. The van der Waals surface area contributed by atoms with E-state index in [0.29, 0.717) is 6.54 Å². The lowest BCUT2D eigenvalue weighted by Gasteiger charge is -2.26. The second-order valence-electron chi connectivity index (χ2n) is 8.02. The van der Waals surface area contributed by atoms with Crippen molar-refractivity contribution in [3.63, 3.8) is 0 Å². The standard InChI is InChI=1S/C20H32N2O2/c1-15(2)8-7-12-21-14-17-10-6-9-16-11-13-22(18(16)17)19(23)24-20(3,4)5/h6,9-10,15,21H,7-8,11-14H2,1-5H3. The number of anilines is 1. The second-order valence-corrected chi connectivity index (χ2v) is 8.02. The molecule has 134 valence electrons. The summed E-state index contributed by atoms with van der Waals surface area (Å²) in [6.07, 6.45) is 3.08. The molecule has 4 heteroatoms. The van der Waals surface area contributed by atoms with Gasteiger partial charge in [0.15, 0.2) is 0 Å².